The molecule has 0 aliphatic rings. The summed E-state index contributed by atoms with van der Waals surface area (Å²) in [6.45, 7) is 3.53. The van der Waals surface area contributed by atoms with Gasteiger partial charge in [-0.25, -0.2) is 4.39 Å². The van der Waals surface area contributed by atoms with Crippen molar-refractivity contribution in [1.29, 1.82) is 0 Å². The second kappa shape index (κ2) is 7.61. The molecule has 2 heterocycles. The molecule has 1 aromatic carbocycles. The highest BCUT2D eigenvalue weighted by Crippen LogP contribution is 2.26. The van der Waals surface area contributed by atoms with Crippen molar-refractivity contribution in [2.24, 2.45) is 0 Å². The molecular weight excluding hydrogens is 460 g/mol. The number of hydrogen-bond acceptors (Lipinski definition) is 3. The first kappa shape index (κ1) is 19.9. The molecule has 142 valence electrons. The normalized spacial score (nSPS) is 11.6. The molecule has 0 spiro atoms. The molecule has 3 rings (SSSR count). The third kappa shape index (κ3) is 4.17. The Bertz CT molecular complexity index is 981. The van der Waals surface area contributed by atoms with E-state index in [0.717, 1.165) is 0 Å². The van der Waals surface area contributed by atoms with E-state index >= 15 is 0 Å². The van der Waals surface area contributed by atoms with E-state index in [0.29, 0.717) is 25.9 Å². The Morgan fingerprint density at radius 1 is 1.33 bits per heavy atom. The number of aromatic nitrogens is 4. The number of rotatable bonds is 5. The first-order valence-electron chi connectivity index (χ1n) is 7.86. The van der Waals surface area contributed by atoms with Gasteiger partial charge in [-0.15, -0.1) is 0 Å². The Balaban J connectivity index is 1.80. The molecule has 1 amide bonds. The quantitative estimate of drug-likeness (QED) is 0.582. The summed E-state index contributed by atoms with van der Waals surface area (Å²) < 4.78 is 17.5. The molecule has 0 aliphatic heterocycles. The van der Waals surface area contributed by atoms with E-state index in [1.165, 1.54) is 27.7 Å². The highest BCUT2D eigenvalue weighted by molar-refractivity contribution is 9.10. The number of nitrogens with one attached hydrogen (secondary N) is 1. The summed E-state index contributed by atoms with van der Waals surface area (Å²) in [5.74, 6) is -0.452. The lowest BCUT2D eigenvalue weighted by atomic mass is 10.1. The van der Waals surface area contributed by atoms with Crippen molar-refractivity contribution in [3.8, 4) is 0 Å². The highest BCUT2D eigenvalue weighted by Gasteiger charge is 2.31. The van der Waals surface area contributed by atoms with E-state index in [9.17, 15) is 9.18 Å². The van der Waals surface area contributed by atoms with E-state index in [2.05, 4.69) is 31.4 Å². The van der Waals surface area contributed by atoms with Crippen molar-refractivity contribution in [2.45, 2.75) is 25.9 Å². The molecule has 2 aromatic heterocycles. The Morgan fingerprint density at radius 2 is 2.07 bits per heavy atom. The lowest BCUT2D eigenvalue weighted by molar-refractivity contribution is -0.123. The largest absolute Gasteiger partial charge is 0.306 e. The van der Waals surface area contributed by atoms with Gasteiger partial charge in [0.1, 0.15) is 11.4 Å². The van der Waals surface area contributed by atoms with E-state index in [4.69, 9.17) is 23.2 Å². The molecule has 1 N–H and O–H groups in total. The fourth-order valence-electron chi connectivity index (χ4n) is 2.38. The van der Waals surface area contributed by atoms with Gasteiger partial charge in [-0.05, 0) is 41.9 Å². The van der Waals surface area contributed by atoms with Gasteiger partial charge in [0.2, 0.25) is 0 Å². The second-order valence-corrected chi connectivity index (χ2v) is 8.04. The van der Waals surface area contributed by atoms with E-state index in [1.807, 2.05) is 0 Å². The minimum atomic E-state index is -0.995. The maximum absolute atomic E-state index is 14.0. The van der Waals surface area contributed by atoms with Gasteiger partial charge >= 0.3 is 0 Å². The van der Waals surface area contributed by atoms with Crippen LogP contribution in [0.25, 0.3) is 0 Å². The SMILES string of the molecule is CC(C)(C(=O)Nc1nn(Cc2c(F)cccc2Cl)cc1Br)n1cc(Cl)cn1. The van der Waals surface area contributed by atoms with E-state index < -0.39 is 11.4 Å². The maximum Gasteiger partial charge on any atom is 0.253 e. The Kier molecular flexibility index (Phi) is 5.60. The van der Waals surface area contributed by atoms with Gasteiger partial charge < -0.3 is 5.32 Å². The van der Waals surface area contributed by atoms with Gasteiger partial charge in [-0.2, -0.15) is 10.2 Å². The maximum atomic E-state index is 14.0. The first-order chi connectivity index (χ1) is 12.7. The van der Waals surface area contributed by atoms with E-state index in [1.54, 1.807) is 32.3 Å². The predicted molar refractivity (Wildman–Crippen MR) is 106 cm³/mol. The van der Waals surface area contributed by atoms with Crippen LogP contribution in [-0.2, 0) is 16.9 Å². The molecule has 0 bridgehead atoms. The molecule has 0 aliphatic carbocycles. The number of hydrogen-bond donors (Lipinski definition) is 1. The Labute approximate surface area is 173 Å². The molecule has 10 heteroatoms. The molecular formula is C17H15BrCl2FN5O. The lowest BCUT2D eigenvalue weighted by Gasteiger charge is -2.23. The number of amides is 1. The molecule has 0 atom stereocenters. The van der Waals surface area contributed by atoms with Gasteiger partial charge in [-0.3, -0.25) is 14.2 Å². The fourth-order valence-corrected chi connectivity index (χ4v) is 3.15. The van der Waals surface area contributed by atoms with Crippen LogP contribution in [0.4, 0.5) is 10.2 Å². The van der Waals surface area contributed by atoms with Crippen LogP contribution in [-0.4, -0.2) is 25.5 Å². The zero-order valence-electron chi connectivity index (χ0n) is 14.4. The molecule has 3 aromatic rings. The fraction of sp³-hybridized carbons (Fsp3) is 0.235. The van der Waals surface area contributed by atoms with Crippen LogP contribution in [0.3, 0.4) is 0 Å². The average Bonchev–Trinajstić information content (AvgIpc) is 3.18. The van der Waals surface area contributed by atoms with Gasteiger partial charge in [-0.1, -0.05) is 29.3 Å². The van der Waals surface area contributed by atoms with Crippen molar-refractivity contribution in [2.75, 3.05) is 5.32 Å². The van der Waals surface area contributed by atoms with Crippen molar-refractivity contribution in [3.05, 3.63) is 62.7 Å². The number of benzene rings is 1. The van der Waals surface area contributed by atoms with Crippen LogP contribution < -0.4 is 5.32 Å². The van der Waals surface area contributed by atoms with Crippen molar-refractivity contribution >= 4 is 50.9 Å². The average molecular weight is 475 g/mol. The molecule has 0 unspecified atom stereocenters. The zero-order valence-corrected chi connectivity index (χ0v) is 17.5. The molecule has 0 fully saturated rings. The third-order valence-electron chi connectivity index (χ3n) is 4.01. The van der Waals surface area contributed by atoms with Gasteiger partial charge in [0.05, 0.1) is 22.2 Å². The summed E-state index contributed by atoms with van der Waals surface area (Å²) in [4.78, 5) is 12.7. The number of halogens is 4. The van der Waals surface area contributed by atoms with Gasteiger partial charge in [0, 0.05) is 23.0 Å². The van der Waals surface area contributed by atoms with Crippen LogP contribution in [0.5, 0.6) is 0 Å². The first-order valence-corrected chi connectivity index (χ1v) is 9.41. The smallest absolute Gasteiger partial charge is 0.253 e. The molecule has 0 saturated carbocycles. The summed E-state index contributed by atoms with van der Waals surface area (Å²) in [6, 6.07) is 4.48. The molecule has 0 saturated heterocycles. The summed E-state index contributed by atoms with van der Waals surface area (Å²) >= 11 is 15.3. The van der Waals surface area contributed by atoms with Crippen molar-refractivity contribution in [3.63, 3.8) is 0 Å². The topological polar surface area (TPSA) is 64.7 Å². The summed E-state index contributed by atoms with van der Waals surface area (Å²) in [6.07, 6.45) is 4.66. The lowest BCUT2D eigenvalue weighted by Crippen LogP contribution is -2.40. The highest BCUT2D eigenvalue weighted by atomic mass is 79.9. The standard InChI is InChI=1S/C17H15BrCl2FN5O/c1-17(2,26-7-10(19)6-22-26)16(27)23-15-12(18)9-25(24-15)8-11-13(20)4-3-5-14(11)21/h3-7,9H,8H2,1-2H3,(H,23,24,27). The Morgan fingerprint density at radius 3 is 2.70 bits per heavy atom. The van der Waals surface area contributed by atoms with Gasteiger partial charge in [0.15, 0.2) is 5.82 Å². The summed E-state index contributed by atoms with van der Waals surface area (Å²) in [5.41, 5.74) is -0.677. The summed E-state index contributed by atoms with van der Waals surface area (Å²) in [7, 11) is 0. The van der Waals surface area contributed by atoms with Crippen LogP contribution in [0, 0.1) is 5.82 Å². The number of nitrogens with zero attached hydrogens (tertiary/aromatic N) is 4. The van der Waals surface area contributed by atoms with Crippen LogP contribution >= 0.6 is 39.1 Å². The van der Waals surface area contributed by atoms with Gasteiger partial charge in [0.25, 0.3) is 5.91 Å². The Hall–Kier alpha value is -1.90. The van der Waals surface area contributed by atoms with Crippen molar-refractivity contribution in [1.82, 2.24) is 19.6 Å². The monoisotopic (exact) mass is 473 g/mol. The molecule has 6 nitrogen and oxygen atoms in total. The van der Waals surface area contributed by atoms with Crippen LogP contribution in [0.2, 0.25) is 10.0 Å². The summed E-state index contributed by atoms with van der Waals surface area (Å²) in [5, 5.41) is 11.9. The minimum Gasteiger partial charge on any atom is -0.306 e. The number of carbonyl (C=O) groups is 1. The molecule has 27 heavy (non-hydrogen) atoms. The minimum absolute atomic E-state index is 0.123. The number of anilines is 1. The number of carbonyl (C=O) groups excluding carboxylic acids is 1. The second-order valence-electron chi connectivity index (χ2n) is 6.34. The third-order valence-corrected chi connectivity index (χ3v) is 5.14. The van der Waals surface area contributed by atoms with Crippen LogP contribution in [0.1, 0.15) is 19.4 Å². The van der Waals surface area contributed by atoms with E-state index in [-0.39, 0.29) is 12.5 Å². The zero-order chi connectivity index (χ0) is 19.8. The van der Waals surface area contributed by atoms with Crippen LogP contribution in [0.15, 0.2) is 41.3 Å². The predicted octanol–water partition coefficient (Wildman–Crippen LogP) is 4.71. The molecule has 0 radical (unpaired) electrons. The van der Waals surface area contributed by atoms with Crippen molar-refractivity contribution < 1.29 is 9.18 Å².